The Morgan fingerprint density at radius 1 is 1.53 bits per heavy atom. The molecule has 1 aromatic rings. The standard InChI is InChI=1S/C13H19ClN2O/c1-17-13-6-2-5-12(15-13)16-9-3-4-11(10-16)7-8-14/h2,5-6,11H,3-4,7-10H2,1H3. The Morgan fingerprint density at radius 2 is 2.41 bits per heavy atom. The lowest BCUT2D eigenvalue weighted by atomic mass is 9.95. The minimum atomic E-state index is 0.682. The molecule has 1 aromatic heterocycles. The number of hydrogen-bond donors (Lipinski definition) is 0. The Kier molecular flexibility index (Phi) is 4.49. The Hall–Kier alpha value is -0.960. The second-order valence-electron chi connectivity index (χ2n) is 4.47. The fourth-order valence-electron chi connectivity index (χ4n) is 2.36. The lowest BCUT2D eigenvalue weighted by Crippen LogP contribution is -2.36. The predicted molar refractivity (Wildman–Crippen MR) is 71.1 cm³/mol. The van der Waals surface area contributed by atoms with Crippen molar-refractivity contribution in [1.29, 1.82) is 0 Å². The fraction of sp³-hybridized carbons (Fsp3) is 0.615. The monoisotopic (exact) mass is 254 g/mol. The largest absolute Gasteiger partial charge is 0.481 e. The van der Waals surface area contributed by atoms with Gasteiger partial charge in [-0.3, -0.25) is 0 Å². The van der Waals surface area contributed by atoms with Crippen molar-refractivity contribution < 1.29 is 4.74 Å². The normalized spacial score (nSPS) is 20.4. The first-order valence-corrected chi connectivity index (χ1v) is 6.69. The van der Waals surface area contributed by atoms with Crippen LogP contribution in [0.4, 0.5) is 5.82 Å². The van der Waals surface area contributed by atoms with E-state index in [4.69, 9.17) is 16.3 Å². The second-order valence-corrected chi connectivity index (χ2v) is 4.85. The topological polar surface area (TPSA) is 25.4 Å². The quantitative estimate of drug-likeness (QED) is 0.773. The molecule has 0 radical (unpaired) electrons. The molecule has 0 aliphatic carbocycles. The van der Waals surface area contributed by atoms with Gasteiger partial charge in [0, 0.05) is 25.0 Å². The van der Waals surface area contributed by atoms with E-state index in [-0.39, 0.29) is 0 Å². The molecular formula is C13H19ClN2O. The third-order valence-electron chi connectivity index (χ3n) is 3.28. The number of anilines is 1. The van der Waals surface area contributed by atoms with Crippen LogP contribution in [0.25, 0.3) is 0 Å². The van der Waals surface area contributed by atoms with Gasteiger partial charge in [0.1, 0.15) is 5.82 Å². The zero-order valence-corrected chi connectivity index (χ0v) is 11.0. The molecule has 0 bridgehead atoms. The summed E-state index contributed by atoms with van der Waals surface area (Å²) in [7, 11) is 1.65. The van der Waals surface area contributed by atoms with Gasteiger partial charge in [0.2, 0.25) is 5.88 Å². The first-order valence-electron chi connectivity index (χ1n) is 6.15. The number of ether oxygens (including phenoxy) is 1. The van der Waals surface area contributed by atoms with Crippen LogP contribution in [0.3, 0.4) is 0 Å². The maximum absolute atomic E-state index is 5.82. The molecule has 1 atom stereocenters. The van der Waals surface area contributed by atoms with Crippen molar-refractivity contribution in [3.8, 4) is 5.88 Å². The van der Waals surface area contributed by atoms with Crippen LogP contribution in [0.15, 0.2) is 18.2 Å². The molecule has 0 aromatic carbocycles. The summed E-state index contributed by atoms with van der Waals surface area (Å²) in [5.74, 6) is 3.16. The van der Waals surface area contributed by atoms with Crippen LogP contribution >= 0.6 is 11.6 Å². The molecule has 0 saturated carbocycles. The van der Waals surface area contributed by atoms with Gasteiger partial charge in [-0.1, -0.05) is 6.07 Å². The van der Waals surface area contributed by atoms with E-state index in [1.165, 1.54) is 12.8 Å². The number of halogens is 1. The highest BCUT2D eigenvalue weighted by atomic mass is 35.5. The number of rotatable bonds is 4. The molecule has 1 fully saturated rings. The van der Waals surface area contributed by atoms with Gasteiger partial charge in [0.25, 0.3) is 0 Å². The van der Waals surface area contributed by atoms with Crippen LogP contribution in [0.1, 0.15) is 19.3 Å². The maximum atomic E-state index is 5.82. The van der Waals surface area contributed by atoms with Gasteiger partial charge in [-0.2, -0.15) is 4.98 Å². The number of nitrogens with zero attached hydrogens (tertiary/aromatic N) is 2. The molecule has 1 aliphatic heterocycles. The van der Waals surface area contributed by atoms with E-state index in [1.54, 1.807) is 7.11 Å². The minimum Gasteiger partial charge on any atom is -0.481 e. The molecule has 0 amide bonds. The van der Waals surface area contributed by atoms with E-state index < -0.39 is 0 Å². The van der Waals surface area contributed by atoms with Crippen LogP contribution < -0.4 is 9.64 Å². The van der Waals surface area contributed by atoms with Crippen molar-refractivity contribution >= 4 is 17.4 Å². The van der Waals surface area contributed by atoms with Gasteiger partial charge in [-0.25, -0.2) is 0 Å². The van der Waals surface area contributed by atoms with Gasteiger partial charge < -0.3 is 9.64 Å². The summed E-state index contributed by atoms with van der Waals surface area (Å²) in [6.45, 7) is 2.14. The fourth-order valence-corrected chi connectivity index (χ4v) is 2.67. The Balaban J connectivity index is 2.05. The Morgan fingerprint density at radius 3 is 3.18 bits per heavy atom. The molecule has 1 unspecified atom stereocenters. The number of alkyl halides is 1. The smallest absolute Gasteiger partial charge is 0.214 e. The van der Waals surface area contributed by atoms with E-state index in [0.29, 0.717) is 11.8 Å². The van der Waals surface area contributed by atoms with E-state index >= 15 is 0 Å². The van der Waals surface area contributed by atoms with Crippen LogP contribution in [0.2, 0.25) is 0 Å². The van der Waals surface area contributed by atoms with Crippen LogP contribution in [-0.4, -0.2) is 31.1 Å². The van der Waals surface area contributed by atoms with Gasteiger partial charge in [0.15, 0.2) is 0 Å². The zero-order valence-electron chi connectivity index (χ0n) is 10.2. The lowest BCUT2D eigenvalue weighted by molar-refractivity contribution is 0.389. The van der Waals surface area contributed by atoms with E-state index in [2.05, 4.69) is 9.88 Å². The molecule has 0 N–H and O–H groups in total. The van der Waals surface area contributed by atoms with Crippen molar-refractivity contribution in [2.45, 2.75) is 19.3 Å². The van der Waals surface area contributed by atoms with Crippen molar-refractivity contribution in [2.24, 2.45) is 5.92 Å². The van der Waals surface area contributed by atoms with Crippen LogP contribution in [0, 0.1) is 5.92 Å². The molecule has 2 rings (SSSR count). The average Bonchev–Trinajstić information content (AvgIpc) is 2.40. The maximum Gasteiger partial charge on any atom is 0.214 e. The summed E-state index contributed by atoms with van der Waals surface area (Å²) in [5.41, 5.74) is 0. The van der Waals surface area contributed by atoms with Gasteiger partial charge in [0.05, 0.1) is 7.11 Å². The minimum absolute atomic E-state index is 0.682. The number of hydrogen-bond acceptors (Lipinski definition) is 3. The average molecular weight is 255 g/mol. The highest BCUT2D eigenvalue weighted by Gasteiger charge is 2.20. The summed E-state index contributed by atoms with van der Waals surface area (Å²) >= 11 is 5.82. The van der Waals surface area contributed by atoms with Gasteiger partial charge in [-0.15, -0.1) is 11.6 Å². The number of aromatic nitrogens is 1. The third-order valence-corrected chi connectivity index (χ3v) is 3.50. The first-order chi connectivity index (χ1) is 8.33. The lowest BCUT2D eigenvalue weighted by Gasteiger charge is -2.33. The number of pyridine rings is 1. The molecule has 17 heavy (non-hydrogen) atoms. The van der Waals surface area contributed by atoms with Gasteiger partial charge >= 0.3 is 0 Å². The van der Waals surface area contributed by atoms with Crippen molar-refractivity contribution in [1.82, 2.24) is 4.98 Å². The van der Waals surface area contributed by atoms with E-state index in [9.17, 15) is 0 Å². The Bertz CT molecular complexity index is 357. The molecule has 1 saturated heterocycles. The zero-order chi connectivity index (χ0) is 12.1. The summed E-state index contributed by atoms with van der Waals surface area (Å²) in [4.78, 5) is 6.82. The van der Waals surface area contributed by atoms with Crippen LogP contribution in [-0.2, 0) is 0 Å². The summed E-state index contributed by atoms with van der Waals surface area (Å²) in [5, 5.41) is 0. The first kappa shape index (κ1) is 12.5. The highest BCUT2D eigenvalue weighted by Crippen LogP contribution is 2.25. The van der Waals surface area contributed by atoms with Crippen molar-refractivity contribution in [3.63, 3.8) is 0 Å². The number of methoxy groups -OCH3 is 1. The molecule has 0 spiro atoms. The second kappa shape index (κ2) is 6.10. The van der Waals surface area contributed by atoms with Crippen molar-refractivity contribution in [2.75, 3.05) is 31.0 Å². The molecule has 3 nitrogen and oxygen atoms in total. The SMILES string of the molecule is COc1cccc(N2CCCC(CCCl)C2)n1. The third kappa shape index (κ3) is 3.25. The van der Waals surface area contributed by atoms with Gasteiger partial charge in [-0.05, 0) is 31.2 Å². The molecule has 94 valence electrons. The van der Waals surface area contributed by atoms with E-state index in [1.807, 2.05) is 18.2 Å². The van der Waals surface area contributed by atoms with Crippen molar-refractivity contribution in [3.05, 3.63) is 18.2 Å². The predicted octanol–water partition coefficient (Wildman–Crippen LogP) is 2.94. The summed E-state index contributed by atoms with van der Waals surface area (Å²) in [6, 6.07) is 5.92. The summed E-state index contributed by atoms with van der Waals surface area (Å²) < 4.78 is 5.16. The molecule has 1 aliphatic rings. The Labute approximate surface area is 108 Å². The molecule has 4 heteroatoms. The summed E-state index contributed by atoms with van der Waals surface area (Å²) in [6.07, 6.45) is 3.61. The highest BCUT2D eigenvalue weighted by molar-refractivity contribution is 6.17. The number of piperidine rings is 1. The molecular weight excluding hydrogens is 236 g/mol. The van der Waals surface area contributed by atoms with E-state index in [0.717, 1.165) is 31.2 Å². The molecule has 2 heterocycles. The van der Waals surface area contributed by atoms with Crippen LogP contribution in [0.5, 0.6) is 5.88 Å².